The Morgan fingerprint density at radius 1 is 1.19 bits per heavy atom. The van der Waals surface area contributed by atoms with E-state index < -0.39 is 10.0 Å². The fraction of sp³-hybridized carbons (Fsp3) is 0.278. The van der Waals surface area contributed by atoms with Gasteiger partial charge in [-0.3, -0.25) is 4.79 Å². The number of ether oxygens (including phenoxy) is 1. The van der Waals surface area contributed by atoms with Gasteiger partial charge < -0.3 is 10.1 Å². The molecule has 0 saturated heterocycles. The zero-order valence-electron chi connectivity index (χ0n) is 15.0. The number of sulfonamides is 1. The van der Waals surface area contributed by atoms with Crippen molar-refractivity contribution in [1.29, 1.82) is 0 Å². The molecule has 0 heterocycles. The smallest absolute Gasteiger partial charge is 0.251 e. The summed E-state index contributed by atoms with van der Waals surface area (Å²) in [5.74, 6) is -0.175. The molecule has 1 atom stereocenters. The number of carbonyl (C=O) groups is 1. The summed E-state index contributed by atoms with van der Waals surface area (Å²) in [4.78, 5) is 12.5. The minimum absolute atomic E-state index is 0.0484. The number of rotatable bonds is 6. The number of nitrogens with one attached hydrogen (secondary N) is 1. The van der Waals surface area contributed by atoms with Gasteiger partial charge in [-0.05, 0) is 42.8 Å². The Hall–Kier alpha value is -1.90. The molecule has 0 saturated carbocycles. The number of nitrogens with zero attached hydrogens (tertiary/aromatic N) is 1. The van der Waals surface area contributed by atoms with Crippen LogP contribution in [0.3, 0.4) is 0 Å². The lowest BCUT2D eigenvalue weighted by atomic mass is 10.1. The molecular weight excluding hydrogens is 420 g/mol. The molecule has 2 aromatic rings. The van der Waals surface area contributed by atoms with Crippen LogP contribution in [0.15, 0.2) is 51.8 Å². The molecule has 1 amide bonds. The molecular formula is C18H21BrN2O4S. The molecule has 0 aliphatic heterocycles. The molecule has 6 nitrogen and oxygen atoms in total. The van der Waals surface area contributed by atoms with Crippen molar-refractivity contribution >= 4 is 31.9 Å². The van der Waals surface area contributed by atoms with Crippen molar-refractivity contribution < 1.29 is 17.9 Å². The van der Waals surface area contributed by atoms with Crippen LogP contribution >= 0.6 is 15.9 Å². The van der Waals surface area contributed by atoms with Gasteiger partial charge in [-0.1, -0.05) is 28.1 Å². The zero-order valence-corrected chi connectivity index (χ0v) is 17.4. The molecule has 0 aliphatic carbocycles. The second kappa shape index (κ2) is 8.20. The maximum absolute atomic E-state index is 12.6. The Balaban J connectivity index is 2.32. The predicted molar refractivity (Wildman–Crippen MR) is 104 cm³/mol. The monoisotopic (exact) mass is 440 g/mol. The molecule has 0 aliphatic rings. The van der Waals surface area contributed by atoms with Gasteiger partial charge in [0, 0.05) is 24.1 Å². The van der Waals surface area contributed by atoms with E-state index >= 15 is 0 Å². The van der Waals surface area contributed by atoms with Crippen molar-refractivity contribution in [3.8, 4) is 5.75 Å². The summed E-state index contributed by atoms with van der Waals surface area (Å²) >= 11 is 3.40. The van der Waals surface area contributed by atoms with Gasteiger partial charge in [0.1, 0.15) is 10.6 Å². The van der Waals surface area contributed by atoms with Crippen LogP contribution in [0.2, 0.25) is 0 Å². The van der Waals surface area contributed by atoms with E-state index in [0.29, 0.717) is 0 Å². The van der Waals surface area contributed by atoms with Crippen molar-refractivity contribution in [3.05, 3.63) is 58.1 Å². The SMILES string of the molecule is COc1ccc(C(=O)NC(C)c2cccc(Br)c2)cc1S(=O)(=O)N(C)C. The number of methoxy groups -OCH3 is 1. The molecule has 2 aromatic carbocycles. The molecule has 2 rings (SSSR count). The number of benzene rings is 2. The molecule has 0 radical (unpaired) electrons. The summed E-state index contributed by atoms with van der Waals surface area (Å²) in [7, 11) is 0.503. The first-order chi connectivity index (χ1) is 12.2. The van der Waals surface area contributed by atoms with Crippen LogP contribution in [-0.4, -0.2) is 39.8 Å². The Kier molecular flexibility index (Phi) is 6.44. The van der Waals surface area contributed by atoms with Gasteiger partial charge in [-0.25, -0.2) is 12.7 Å². The number of hydrogen-bond acceptors (Lipinski definition) is 4. The molecule has 140 valence electrons. The minimum Gasteiger partial charge on any atom is -0.495 e. The van der Waals surface area contributed by atoms with E-state index in [4.69, 9.17) is 4.74 Å². The third kappa shape index (κ3) is 4.44. The average Bonchev–Trinajstić information content (AvgIpc) is 2.60. The van der Waals surface area contributed by atoms with Crippen molar-refractivity contribution in [2.24, 2.45) is 0 Å². The number of halogens is 1. The topological polar surface area (TPSA) is 75.7 Å². The van der Waals surface area contributed by atoms with E-state index in [1.165, 1.54) is 39.4 Å². The lowest BCUT2D eigenvalue weighted by Crippen LogP contribution is -2.27. The van der Waals surface area contributed by atoms with Crippen LogP contribution in [-0.2, 0) is 10.0 Å². The van der Waals surface area contributed by atoms with Crippen LogP contribution in [0.1, 0.15) is 28.9 Å². The lowest BCUT2D eigenvalue weighted by Gasteiger charge is -2.17. The largest absolute Gasteiger partial charge is 0.495 e. The van der Waals surface area contributed by atoms with Gasteiger partial charge in [-0.2, -0.15) is 0 Å². The Labute approximate surface area is 162 Å². The van der Waals surface area contributed by atoms with Gasteiger partial charge >= 0.3 is 0 Å². The molecule has 1 N–H and O–H groups in total. The Morgan fingerprint density at radius 2 is 1.88 bits per heavy atom. The molecule has 0 bridgehead atoms. The fourth-order valence-corrected chi connectivity index (χ4v) is 3.85. The molecule has 26 heavy (non-hydrogen) atoms. The van der Waals surface area contributed by atoms with Gasteiger partial charge in [0.15, 0.2) is 0 Å². The van der Waals surface area contributed by atoms with E-state index in [2.05, 4.69) is 21.2 Å². The molecule has 0 spiro atoms. The summed E-state index contributed by atoms with van der Waals surface area (Å²) in [5.41, 5.74) is 1.18. The lowest BCUT2D eigenvalue weighted by molar-refractivity contribution is 0.0939. The van der Waals surface area contributed by atoms with Gasteiger partial charge in [-0.15, -0.1) is 0 Å². The normalized spacial score (nSPS) is 12.7. The van der Waals surface area contributed by atoms with Crippen LogP contribution in [0.25, 0.3) is 0 Å². The highest BCUT2D eigenvalue weighted by Gasteiger charge is 2.24. The standard InChI is InChI=1S/C18H21BrN2O4S/c1-12(13-6-5-7-15(19)10-13)20-18(22)14-8-9-16(25-4)17(11-14)26(23,24)21(2)3/h5-12H,1-4H3,(H,20,22). The molecule has 8 heteroatoms. The third-order valence-corrected chi connectivity index (χ3v) is 6.21. The van der Waals surface area contributed by atoms with Crippen molar-refractivity contribution in [2.75, 3.05) is 21.2 Å². The summed E-state index contributed by atoms with van der Waals surface area (Å²) in [6.45, 7) is 1.86. The summed E-state index contributed by atoms with van der Waals surface area (Å²) in [6, 6.07) is 11.7. The van der Waals surface area contributed by atoms with Crippen LogP contribution in [0, 0.1) is 0 Å². The number of amides is 1. The zero-order chi connectivity index (χ0) is 19.5. The van der Waals surface area contributed by atoms with Crippen LogP contribution < -0.4 is 10.1 Å². The maximum Gasteiger partial charge on any atom is 0.251 e. The third-order valence-electron chi connectivity index (χ3n) is 3.88. The molecule has 0 fully saturated rings. The Morgan fingerprint density at radius 3 is 2.46 bits per heavy atom. The number of carbonyl (C=O) groups excluding carboxylic acids is 1. The van der Waals surface area contributed by atoms with Crippen LogP contribution in [0.5, 0.6) is 5.75 Å². The average molecular weight is 441 g/mol. The van der Waals surface area contributed by atoms with E-state index in [0.717, 1.165) is 14.3 Å². The second-order valence-corrected chi connectivity index (χ2v) is 8.94. The highest BCUT2D eigenvalue weighted by Crippen LogP contribution is 2.27. The van der Waals surface area contributed by atoms with E-state index in [-0.39, 0.29) is 28.2 Å². The first kappa shape index (κ1) is 20.4. The summed E-state index contributed by atoms with van der Waals surface area (Å²) < 4.78 is 32.1. The van der Waals surface area contributed by atoms with Gasteiger partial charge in [0.05, 0.1) is 13.2 Å². The quantitative estimate of drug-likeness (QED) is 0.747. The predicted octanol–water partition coefficient (Wildman–Crippen LogP) is 3.20. The minimum atomic E-state index is -3.74. The van der Waals surface area contributed by atoms with Crippen molar-refractivity contribution in [3.63, 3.8) is 0 Å². The van der Waals surface area contributed by atoms with E-state index in [1.807, 2.05) is 31.2 Å². The maximum atomic E-state index is 12.6. The van der Waals surface area contributed by atoms with Crippen LogP contribution in [0.4, 0.5) is 0 Å². The van der Waals surface area contributed by atoms with Crippen molar-refractivity contribution in [1.82, 2.24) is 9.62 Å². The van der Waals surface area contributed by atoms with E-state index in [9.17, 15) is 13.2 Å². The van der Waals surface area contributed by atoms with Gasteiger partial charge in [0.2, 0.25) is 10.0 Å². The number of hydrogen-bond donors (Lipinski definition) is 1. The summed E-state index contributed by atoms with van der Waals surface area (Å²) in [5, 5.41) is 2.88. The Bertz CT molecular complexity index is 913. The highest BCUT2D eigenvalue weighted by molar-refractivity contribution is 9.10. The first-order valence-electron chi connectivity index (χ1n) is 7.83. The highest BCUT2D eigenvalue weighted by atomic mass is 79.9. The van der Waals surface area contributed by atoms with E-state index in [1.54, 1.807) is 0 Å². The summed E-state index contributed by atoms with van der Waals surface area (Å²) in [6.07, 6.45) is 0. The molecule has 1 unspecified atom stereocenters. The fourth-order valence-electron chi connectivity index (χ4n) is 2.36. The molecule has 0 aromatic heterocycles. The van der Waals surface area contributed by atoms with Gasteiger partial charge in [0.25, 0.3) is 5.91 Å². The first-order valence-corrected chi connectivity index (χ1v) is 10.1. The van der Waals surface area contributed by atoms with Crippen molar-refractivity contribution in [2.45, 2.75) is 17.9 Å². The second-order valence-electron chi connectivity index (χ2n) is 5.90.